The first-order valence-electron chi connectivity index (χ1n) is 18.6. The van der Waals surface area contributed by atoms with Gasteiger partial charge < -0.3 is 5.73 Å². The van der Waals surface area contributed by atoms with Gasteiger partial charge in [0.25, 0.3) is 0 Å². The van der Waals surface area contributed by atoms with Crippen LogP contribution >= 0.6 is 0 Å². The predicted molar refractivity (Wildman–Crippen MR) is 232 cm³/mol. The van der Waals surface area contributed by atoms with E-state index in [4.69, 9.17) is 10.7 Å². The van der Waals surface area contributed by atoms with E-state index < -0.39 is 0 Å². The average molecular weight is 689 g/mol. The van der Waals surface area contributed by atoms with Crippen LogP contribution in [0.2, 0.25) is 0 Å². The molecule has 10 aromatic rings. The van der Waals surface area contributed by atoms with Gasteiger partial charge in [-0.15, -0.1) is 0 Å². The normalized spacial score (nSPS) is 12.4. The molecule has 0 bridgehead atoms. The number of hydrogen-bond acceptors (Lipinski definition) is 1. The highest BCUT2D eigenvalue weighted by Crippen LogP contribution is 2.45. The van der Waals surface area contributed by atoms with E-state index in [0.717, 1.165) is 22.2 Å². The molecule has 254 valence electrons. The van der Waals surface area contributed by atoms with Crippen LogP contribution in [-0.4, -0.2) is 5.84 Å². The highest BCUT2D eigenvalue weighted by atomic mass is 14.9. The van der Waals surface area contributed by atoms with Crippen molar-refractivity contribution in [2.45, 2.75) is 6.42 Å². The van der Waals surface area contributed by atoms with E-state index in [9.17, 15) is 0 Å². The van der Waals surface area contributed by atoms with Crippen molar-refractivity contribution >= 4 is 76.2 Å². The molecule has 0 aliphatic heterocycles. The monoisotopic (exact) mass is 688 g/mol. The SMILES string of the molecule is NC(=N/C(=C\Cc1ccc2c(ccc3c4ccccc4ccc23)c1)c1c2ccccc2c(-c2ccccc2)c2ccc3ccccc3c12)c1ccccc1. The standard InChI is InChI=1S/C52H36N2/c53-52(38-17-5-2-6-18-38)54-48(32-24-34-23-28-41-39(33-34)27-30-43-40-19-9-7-13-35(40)25-29-44(41)43)51-46-22-12-11-21-45(46)49(37-15-3-1-4-16-37)47-31-26-36-14-8-10-20-42(36)50(47)51/h1-23,25-33H,24H2,(H2,53,54)/b48-32-. The predicted octanol–water partition coefficient (Wildman–Crippen LogP) is 13.3. The molecule has 0 saturated carbocycles. The minimum absolute atomic E-state index is 0.490. The third kappa shape index (κ3) is 5.39. The van der Waals surface area contributed by atoms with Gasteiger partial charge in [0.05, 0.1) is 5.70 Å². The fourth-order valence-corrected chi connectivity index (χ4v) is 8.36. The average Bonchev–Trinajstić information content (AvgIpc) is 3.24. The first-order chi connectivity index (χ1) is 26.7. The van der Waals surface area contributed by atoms with Gasteiger partial charge in [0.15, 0.2) is 0 Å². The van der Waals surface area contributed by atoms with Crippen LogP contribution in [0.15, 0.2) is 199 Å². The van der Waals surface area contributed by atoms with Gasteiger partial charge in [0, 0.05) is 16.5 Å². The molecule has 0 atom stereocenters. The van der Waals surface area contributed by atoms with Crippen LogP contribution < -0.4 is 5.73 Å². The summed E-state index contributed by atoms with van der Waals surface area (Å²) in [5.74, 6) is 0.490. The topological polar surface area (TPSA) is 38.4 Å². The van der Waals surface area contributed by atoms with Gasteiger partial charge in [-0.25, -0.2) is 4.99 Å². The number of fused-ring (bicyclic) bond motifs is 9. The van der Waals surface area contributed by atoms with Gasteiger partial charge in [0.1, 0.15) is 5.84 Å². The Morgan fingerprint density at radius 2 is 0.981 bits per heavy atom. The summed E-state index contributed by atoms with van der Waals surface area (Å²) < 4.78 is 0. The van der Waals surface area contributed by atoms with Crippen molar-refractivity contribution in [2.24, 2.45) is 10.7 Å². The number of nitrogens with two attached hydrogens (primary N) is 1. The van der Waals surface area contributed by atoms with Gasteiger partial charge in [-0.05, 0) is 82.4 Å². The molecular weight excluding hydrogens is 653 g/mol. The summed E-state index contributed by atoms with van der Waals surface area (Å²) in [6.45, 7) is 0. The van der Waals surface area contributed by atoms with Crippen molar-refractivity contribution in [2.75, 3.05) is 0 Å². The van der Waals surface area contributed by atoms with Crippen molar-refractivity contribution in [3.8, 4) is 11.1 Å². The van der Waals surface area contributed by atoms with Crippen LogP contribution in [0.1, 0.15) is 16.7 Å². The summed E-state index contributed by atoms with van der Waals surface area (Å²) >= 11 is 0. The molecule has 0 aliphatic carbocycles. The summed E-state index contributed by atoms with van der Waals surface area (Å²) in [6, 6.07) is 67.3. The Morgan fingerprint density at radius 3 is 1.72 bits per heavy atom. The van der Waals surface area contributed by atoms with E-state index in [1.807, 2.05) is 30.3 Å². The van der Waals surface area contributed by atoms with Crippen LogP contribution in [0.4, 0.5) is 0 Å². The maximum atomic E-state index is 6.90. The Kier molecular flexibility index (Phi) is 7.74. The Balaban J connectivity index is 1.22. The highest BCUT2D eigenvalue weighted by Gasteiger charge is 2.20. The fraction of sp³-hybridized carbons (Fsp3) is 0.0192. The van der Waals surface area contributed by atoms with Crippen LogP contribution in [0, 0.1) is 0 Å². The number of allylic oxidation sites excluding steroid dienone is 1. The molecule has 0 radical (unpaired) electrons. The third-order valence-electron chi connectivity index (χ3n) is 10.9. The molecule has 54 heavy (non-hydrogen) atoms. The third-order valence-corrected chi connectivity index (χ3v) is 10.9. The zero-order valence-electron chi connectivity index (χ0n) is 29.7. The van der Waals surface area contributed by atoms with Gasteiger partial charge in [0.2, 0.25) is 0 Å². The zero-order chi connectivity index (χ0) is 36.0. The second-order valence-electron chi connectivity index (χ2n) is 14.0. The van der Waals surface area contributed by atoms with E-state index in [-0.39, 0.29) is 0 Å². The summed E-state index contributed by atoms with van der Waals surface area (Å²) in [5.41, 5.74) is 13.4. The summed E-state index contributed by atoms with van der Waals surface area (Å²) in [4.78, 5) is 5.33. The maximum absolute atomic E-state index is 6.90. The molecule has 0 unspecified atom stereocenters. The Hall–Kier alpha value is -7.03. The van der Waals surface area contributed by atoms with Crippen LogP contribution in [0.25, 0.3) is 81.5 Å². The second-order valence-corrected chi connectivity index (χ2v) is 14.0. The molecule has 10 aromatic carbocycles. The molecule has 2 heteroatoms. The number of hydrogen-bond donors (Lipinski definition) is 1. The van der Waals surface area contributed by atoms with E-state index in [1.165, 1.54) is 75.9 Å². The second kappa shape index (κ2) is 13.2. The van der Waals surface area contributed by atoms with Gasteiger partial charge >= 0.3 is 0 Å². The van der Waals surface area contributed by atoms with E-state index in [0.29, 0.717) is 12.3 Å². The minimum Gasteiger partial charge on any atom is -0.383 e. The molecule has 0 aromatic heterocycles. The number of nitrogens with zero attached hydrogens (tertiary/aromatic N) is 1. The summed E-state index contributed by atoms with van der Waals surface area (Å²) in [6.07, 6.45) is 2.96. The lowest BCUT2D eigenvalue weighted by molar-refractivity contribution is 1.27. The number of amidine groups is 1. The Morgan fingerprint density at radius 1 is 0.444 bits per heavy atom. The molecule has 10 rings (SSSR count). The van der Waals surface area contributed by atoms with Gasteiger partial charge in [-0.3, -0.25) is 0 Å². The molecule has 0 heterocycles. The first kappa shape index (κ1) is 31.7. The Bertz CT molecular complexity index is 3120. The minimum atomic E-state index is 0.490. The first-order valence-corrected chi connectivity index (χ1v) is 18.6. The lowest BCUT2D eigenvalue weighted by Crippen LogP contribution is -2.13. The van der Waals surface area contributed by atoms with Crippen molar-refractivity contribution < 1.29 is 0 Å². The van der Waals surface area contributed by atoms with E-state index in [1.54, 1.807) is 0 Å². The lowest BCUT2D eigenvalue weighted by Gasteiger charge is -2.20. The van der Waals surface area contributed by atoms with Crippen LogP contribution in [0.5, 0.6) is 0 Å². The maximum Gasteiger partial charge on any atom is 0.131 e. The fourth-order valence-electron chi connectivity index (χ4n) is 8.36. The van der Waals surface area contributed by atoms with Crippen molar-refractivity contribution in [1.82, 2.24) is 0 Å². The number of benzene rings is 10. The van der Waals surface area contributed by atoms with Crippen molar-refractivity contribution in [1.29, 1.82) is 0 Å². The van der Waals surface area contributed by atoms with Crippen LogP contribution in [-0.2, 0) is 6.42 Å². The smallest absolute Gasteiger partial charge is 0.131 e. The van der Waals surface area contributed by atoms with Gasteiger partial charge in [-0.1, -0.05) is 194 Å². The highest BCUT2D eigenvalue weighted by molar-refractivity contribution is 6.26. The molecule has 0 amide bonds. The van der Waals surface area contributed by atoms with E-state index in [2.05, 4.69) is 164 Å². The van der Waals surface area contributed by atoms with Crippen molar-refractivity contribution in [3.63, 3.8) is 0 Å². The quantitative estimate of drug-likeness (QED) is 0.0803. The molecule has 0 saturated heterocycles. The van der Waals surface area contributed by atoms with Crippen LogP contribution in [0.3, 0.4) is 0 Å². The lowest BCUT2D eigenvalue weighted by atomic mass is 9.85. The van der Waals surface area contributed by atoms with E-state index >= 15 is 0 Å². The molecule has 2 nitrogen and oxygen atoms in total. The number of rotatable bonds is 6. The molecule has 0 fully saturated rings. The molecule has 2 N–H and O–H groups in total. The Labute approximate surface area is 314 Å². The van der Waals surface area contributed by atoms with Gasteiger partial charge in [-0.2, -0.15) is 0 Å². The molecular formula is C52H36N2. The molecule has 0 aliphatic rings. The number of aliphatic imine (C=N–C) groups is 1. The zero-order valence-corrected chi connectivity index (χ0v) is 29.7. The largest absolute Gasteiger partial charge is 0.383 e. The van der Waals surface area contributed by atoms with Crippen molar-refractivity contribution in [3.05, 3.63) is 211 Å². The summed E-state index contributed by atoms with van der Waals surface area (Å²) in [5, 5.41) is 14.7. The summed E-state index contributed by atoms with van der Waals surface area (Å²) in [7, 11) is 0. The molecule has 0 spiro atoms.